The number of hydrogen-bond acceptors (Lipinski definition) is 1. The Balaban J connectivity index is 2.81. The molecular formula is C7H4BrClIN2P. The molecule has 0 fully saturated rings. The number of aromatic nitrogens is 2. The predicted molar refractivity (Wildman–Crippen MR) is 70.2 cm³/mol. The van der Waals surface area contributed by atoms with Crippen molar-refractivity contribution in [2.24, 2.45) is 0 Å². The Morgan fingerprint density at radius 2 is 2.31 bits per heavy atom. The van der Waals surface area contributed by atoms with Crippen LogP contribution in [0.4, 0.5) is 0 Å². The summed E-state index contributed by atoms with van der Waals surface area (Å²) in [5, 5.41) is 6.04. The summed E-state index contributed by atoms with van der Waals surface area (Å²) in [6.07, 6.45) is 2.44. The van der Waals surface area contributed by atoms with Crippen molar-refractivity contribution in [2.75, 3.05) is 0 Å². The monoisotopic (exact) mass is 388 g/mol. The van der Waals surface area contributed by atoms with Crippen molar-refractivity contribution in [3.63, 3.8) is 0 Å². The zero-order chi connectivity index (χ0) is 9.42. The van der Waals surface area contributed by atoms with Crippen molar-refractivity contribution in [3.8, 4) is 0 Å². The molecular weight excluding hydrogens is 385 g/mol. The van der Waals surface area contributed by atoms with Crippen LogP contribution in [0.5, 0.6) is 0 Å². The van der Waals surface area contributed by atoms with E-state index in [2.05, 4.69) is 43.1 Å². The van der Waals surface area contributed by atoms with Crippen molar-refractivity contribution in [1.29, 1.82) is 0 Å². The highest BCUT2D eigenvalue weighted by molar-refractivity contribution is 14.2. The minimum Gasteiger partial charge on any atom is -0.237 e. The second-order valence-corrected chi connectivity index (χ2v) is 5.68. The van der Waals surface area contributed by atoms with Gasteiger partial charge < -0.3 is 0 Å². The molecule has 0 aliphatic carbocycles. The van der Waals surface area contributed by atoms with Crippen LogP contribution < -0.4 is 0 Å². The molecule has 0 bridgehead atoms. The smallest absolute Gasteiger partial charge is 0.0741 e. The number of benzene rings is 1. The second-order valence-electron chi connectivity index (χ2n) is 2.44. The Kier molecular flexibility index (Phi) is 3.13. The van der Waals surface area contributed by atoms with Crippen LogP contribution >= 0.6 is 55.9 Å². The van der Waals surface area contributed by atoms with E-state index in [0.29, 0.717) is 6.37 Å². The lowest BCUT2D eigenvalue weighted by atomic mass is 10.3. The van der Waals surface area contributed by atoms with E-state index in [4.69, 9.17) is 11.6 Å². The fourth-order valence-electron chi connectivity index (χ4n) is 1.11. The molecule has 1 aromatic heterocycles. The normalized spacial score (nSPS) is 11.9. The molecule has 0 spiro atoms. The van der Waals surface area contributed by atoms with Crippen LogP contribution in [0.25, 0.3) is 10.9 Å². The molecule has 0 N–H and O–H groups in total. The summed E-state index contributed by atoms with van der Waals surface area (Å²) in [5.74, 6) is 0. The molecule has 0 aliphatic rings. The maximum absolute atomic E-state index is 5.96. The van der Waals surface area contributed by atoms with Gasteiger partial charge in [-0.25, -0.2) is 4.45 Å². The first-order chi connectivity index (χ1) is 6.24. The van der Waals surface area contributed by atoms with Gasteiger partial charge in [0.25, 0.3) is 0 Å². The van der Waals surface area contributed by atoms with Gasteiger partial charge in [-0.3, -0.25) is 0 Å². The van der Waals surface area contributed by atoms with E-state index in [1.54, 1.807) is 0 Å². The molecule has 1 atom stereocenters. The number of fused-ring (bicyclic) bond motifs is 1. The highest BCUT2D eigenvalue weighted by Crippen LogP contribution is 2.34. The van der Waals surface area contributed by atoms with Gasteiger partial charge in [-0.1, -0.05) is 11.6 Å². The molecule has 1 aromatic carbocycles. The zero-order valence-electron chi connectivity index (χ0n) is 6.26. The van der Waals surface area contributed by atoms with Crippen LogP contribution in [0.3, 0.4) is 0 Å². The summed E-state index contributed by atoms with van der Waals surface area (Å²) >= 11 is 11.7. The van der Waals surface area contributed by atoms with E-state index < -0.39 is 0 Å². The maximum atomic E-state index is 5.96. The summed E-state index contributed by atoms with van der Waals surface area (Å²) in [4.78, 5) is 0. The zero-order valence-corrected chi connectivity index (χ0v) is 11.8. The summed E-state index contributed by atoms with van der Waals surface area (Å²) in [6, 6.07) is 3.87. The van der Waals surface area contributed by atoms with Crippen LogP contribution in [-0.4, -0.2) is 9.55 Å². The molecule has 0 aliphatic heterocycles. The summed E-state index contributed by atoms with van der Waals surface area (Å²) in [7, 11) is 0. The third kappa shape index (κ3) is 1.74. The van der Waals surface area contributed by atoms with Crippen LogP contribution in [0.1, 0.15) is 0 Å². The predicted octanol–water partition coefficient (Wildman–Crippen LogP) is 4.24. The average Bonchev–Trinajstić information content (AvgIpc) is 2.55. The fourth-order valence-corrected chi connectivity index (χ4v) is 3.25. The third-order valence-corrected chi connectivity index (χ3v) is 5.01. The van der Waals surface area contributed by atoms with Crippen molar-refractivity contribution in [1.82, 2.24) is 9.55 Å². The minimum atomic E-state index is 0.613. The van der Waals surface area contributed by atoms with E-state index in [0.717, 1.165) is 20.4 Å². The molecule has 2 nitrogen and oxygen atoms in total. The molecule has 0 saturated carbocycles. The van der Waals surface area contributed by atoms with Gasteiger partial charge in [0.1, 0.15) is 0 Å². The Bertz CT molecular complexity index is 459. The standard InChI is InChI=1S/C7H4BrClIN2P/c8-7-4-3-11-12(13-10)6(4)2-1-5(7)9/h1-3,13H. The average molecular weight is 389 g/mol. The van der Waals surface area contributed by atoms with Gasteiger partial charge in [0.15, 0.2) is 0 Å². The van der Waals surface area contributed by atoms with Crippen molar-refractivity contribution < 1.29 is 0 Å². The Labute approximate surface area is 103 Å². The van der Waals surface area contributed by atoms with E-state index in [1.807, 2.05) is 22.8 Å². The highest BCUT2D eigenvalue weighted by atomic mass is 127. The third-order valence-electron chi connectivity index (χ3n) is 1.72. The van der Waals surface area contributed by atoms with E-state index in [-0.39, 0.29) is 0 Å². The Morgan fingerprint density at radius 1 is 1.54 bits per heavy atom. The van der Waals surface area contributed by atoms with Crippen LogP contribution in [-0.2, 0) is 0 Å². The van der Waals surface area contributed by atoms with Gasteiger partial charge in [-0.15, -0.1) is 0 Å². The Morgan fingerprint density at radius 3 is 3.00 bits per heavy atom. The quantitative estimate of drug-likeness (QED) is 0.527. The summed E-state index contributed by atoms with van der Waals surface area (Å²) < 4.78 is 2.88. The van der Waals surface area contributed by atoms with E-state index in [9.17, 15) is 0 Å². The molecule has 1 heterocycles. The number of hydrogen-bond donors (Lipinski definition) is 0. The fraction of sp³-hybridized carbons (Fsp3) is 0. The number of nitrogens with zero attached hydrogens (tertiary/aromatic N) is 2. The lowest BCUT2D eigenvalue weighted by molar-refractivity contribution is 1.04. The van der Waals surface area contributed by atoms with Crippen LogP contribution in [0, 0.1) is 0 Å². The molecule has 1 unspecified atom stereocenters. The molecule has 68 valence electrons. The van der Waals surface area contributed by atoms with Crippen molar-refractivity contribution in [2.45, 2.75) is 0 Å². The Hall–Kier alpha value is 0.620. The summed E-state index contributed by atoms with van der Waals surface area (Å²) in [6.45, 7) is 0. The number of halogens is 3. The highest BCUT2D eigenvalue weighted by Gasteiger charge is 2.07. The largest absolute Gasteiger partial charge is 0.237 e. The first-order valence-corrected chi connectivity index (χ1v) is 8.65. The topological polar surface area (TPSA) is 17.8 Å². The van der Waals surface area contributed by atoms with Gasteiger partial charge in [0.2, 0.25) is 0 Å². The molecule has 0 amide bonds. The van der Waals surface area contributed by atoms with Gasteiger partial charge in [0.05, 0.1) is 23.1 Å². The molecule has 0 radical (unpaired) electrons. The van der Waals surface area contributed by atoms with Gasteiger partial charge in [-0.05, 0) is 50.1 Å². The maximum Gasteiger partial charge on any atom is 0.0741 e. The van der Waals surface area contributed by atoms with Crippen LogP contribution in [0.15, 0.2) is 22.8 Å². The lowest BCUT2D eigenvalue weighted by Crippen LogP contribution is -1.81. The van der Waals surface area contributed by atoms with Crippen molar-refractivity contribution >= 4 is 66.8 Å². The number of rotatable bonds is 1. The molecule has 13 heavy (non-hydrogen) atoms. The van der Waals surface area contributed by atoms with E-state index >= 15 is 0 Å². The minimum absolute atomic E-state index is 0.613. The first-order valence-electron chi connectivity index (χ1n) is 3.42. The van der Waals surface area contributed by atoms with E-state index in [1.165, 1.54) is 0 Å². The first kappa shape index (κ1) is 10.1. The van der Waals surface area contributed by atoms with Crippen molar-refractivity contribution in [3.05, 3.63) is 27.8 Å². The SMILES string of the molecule is Clc1ccc2c(cnn2PI)c1Br. The van der Waals surface area contributed by atoms with Gasteiger partial charge in [-0.2, -0.15) is 5.10 Å². The molecule has 6 heteroatoms. The lowest BCUT2D eigenvalue weighted by Gasteiger charge is -1.99. The molecule has 2 aromatic rings. The van der Waals surface area contributed by atoms with Crippen LogP contribution in [0.2, 0.25) is 5.02 Å². The molecule has 2 rings (SSSR count). The summed E-state index contributed by atoms with van der Waals surface area (Å²) in [5.41, 5.74) is 1.11. The molecule has 0 saturated heterocycles. The second kappa shape index (κ2) is 4.01. The van der Waals surface area contributed by atoms with Gasteiger partial charge >= 0.3 is 0 Å². The van der Waals surface area contributed by atoms with Gasteiger partial charge in [0, 0.05) is 9.86 Å².